The number of carboxylic acids is 1. The van der Waals surface area contributed by atoms with Gasteiger partial charge in [0, 0.05) is 13.6 Å². The second kappa shape index (κ2) is 4.96. The molecule has 1 unspecified atom stereocenters. The van der Waals surface area contributed by atoms with Gasteiger partial charge in [0.2, 0.25) is 11.8 Å². The van der Waals surface area contributed by atoms with Crippen LogP contribution in [-0.2, 0) is 14.4 Å². The van der Waals surface area contributed by atoms with E-state index in [9.17, 15) is 14.4 Å². The summed E-state index contributed by atoms with van der Waals surface area (Å²) in [5.74, 6) is -2.22. The molecule has 3 atom stereocenters. The average Bonchev–Trinajstić information content (AvgIpc) is 3.17. The summed E-state index contributed by atoms with van der Waals surface area (Å²) in [7, 11) is 1.55. The van der Waals surface area contributed by atoms with Gasteiger partial charge in [0.25, 0.3) is 0 Å². The molecule has 1 saturated carbocycles. The predicted molar refractivity (Wildman–Crippen MR) is 62.7 cm³/mol. The van der Waals surface area contributed by atoms with E-state index in [2.05, 4.69) is 5.32 Å². The number of carbonyl (C=O) groups is 3. The predicted octanol–water partition coefficient (Wildman–Crippen LogP) is -0.166. The first-order valence-electron chi connectivity index (χ1n) is 6.31. The molecule has 0 bridgehead atoms. The second-order valence-electron chi connectivity index (χ2n) is 4.94. The van der Waals surface area contributed by atoms with E-state index in [-0.39, 0.29) is 11.8 Å². The molecule has 2 amide bonds. The molecule has 0 spiro atoms. The van der Waals surface area contributed by atoms with Gasteiger partial charge >= 0.3 is 5.97 Å². The van der Waals surface area contributed by atoms with Crippen molar-refractivity contribution in [3.05, 3.63) is 0 Å². The molecule has 1 saturated heterocycles. The third-order valence-corrected chi connectivity index (χ3v) is 3.76. The Hall–Kier alpha value is -1.59. The summed E-state index contributed by atoms with van der Waals surface area (Å²) in [6.45, 7) is 0.555. The molecule has 6 nitrogen and oxygen atoms in total. The van der Waals surface area contributed by atoms with Crippen molar-refractivity contribution in [3.63, 3.8) is 0 Å². The number of carbonyl (C=O) groups excluding carboxylic acids is 2. The Bertz CT molecular complexity index is 382. The van der Waals surface area contributed by atoms with E-state index in [0.717, 1.165) is 12.8 Å². The van der Waals surface area contributed by atoms with E-state index in [4.69, 9.17) is 5.11 Å². The van der Waals surface area contributed by atoms with Crippen LogP contribution in [0.1, 0.15) is 25.7 Å². The lowest BCUT2D eigenvalue weighted by molar-refractivity contribution is -0.145. The number of likely N-dealkylation sites (tertiary alicyclic amines) is 1. The summed E-state index contributed by atoms with van der Waals surface area (Å²) < 4.78 is 0. The lowest BCUT2D eigenvalue weighted by atomic mass is 10.0. The van der Waals surface area contributed by atoms with Crippen LogP contribution in [0.25, 0.3) is 0 Å². The number of rotatable bonds is 3. The molecule has 0 aromatic carbocycles. The fourth-order valence-electron chi connectivity index (χ4n) is 2.59. The molecule has 0 aromatic rings. The van der Waals surface area contributed by atoms with Crippen LogP contribution in [0.4, 0.5) is 0 Å². The molecule has 18 heavy (non-hydrogen) atoms. The molecule has 100 valence electrons. The number of piperidine rings is 1. The zero-order valence-electron chi connectivity index (χ0n) is 10.4. The molecule has 2 rings (SSSR count). The molecule has 2 fully saturated rings. The van der Waals surface area contributed by atoms with E-state index in [0.29, 0.717) is 19.4 Å². The molecule has 0 aromatic heterocycles. The normalized spacial score (nSPS) is 30.7. The highest BCUT2D eigenvalue weighted by Gasteiger charge is 2.51. The van der Waals surface area contributed by atoms with Crippen molar-refractivity contribution in [1.29, 1.82) is 0 Å². The molecule has 6 heteroatoms. The van der Waals surface area contributed by atoms with Gasteiger partial charge in [0.05, 0.1) is 11.8 Å². The first-order valence-corrected chi connectivity index (χ1v) is 6.31. The SMILES string of the molecule is CNC(=O)C1CCCCN1C(=O)[C@@H]1C[C@@H]1C(=O)O. The van der Waals surface area contributed by atoms with Gasteiger partial charge in [0.1, 0.15) is 6.04 Å². The Labute approximate surface area is 105 Å². The van der Waals surface area contributed by atoms with Crippen molar-refractivity contribution < 1.29 is 19.5 Å². The summed E-state index contributed by atoms with van der Waals surface area (Å²) in [4.78, 5) is 36.3. The number of amides is 2. The maximum Gasteiger partial charge on any atom is 0.307 e. The zero-order valence-corrected chi connectivity index (χ0v) is 10.4. The van der Waals surface area contributed by atoms with Crippen molar-refractivity contribution in [2.24, 2.45) is 11.8 Å². The lowest BCUT2D eigenvalue weighted by Gasteiger charge is -2.34. The average molecular weight is 254 g/mol. The van der Waals surface area contributed by atoms with Gasteiger partial charge in [-0.15, -0.1) is 0 Å². The van der Waals surface area contributed by atoms with Gasteiger partial charge in [-0.25, -0.2) is 0 Å². The highest BCUT2D eigenvalue weighted by Crippen LogP contribution is 2.41. The standard InChI is InChI=1S/C12H18N2O4/c1-13-10(15)9-4-2-3-5-14(9)11(16)7-6-8(7)12(17)18/h7-9H,2-6H2,1H3,(H,13,15)(H,17,18)/t7-,8+,9?/m1/s1. The number of aliphatic carboxylic acids is 1. The largest absolute Gasteiger partial charge is 0.481 e. The van der Waals surface area contributed by atoms with E-state index >= 15 is 0 Å². The summed E-state index contributed by atoms with van der Waals surface area (Å²) in [6.07, 6.45) is 2.87. The van der Waals surface area contributed by atoms with Crippen molar-refractivity contribution in [3.8, 4) is 0 Å². The Balaban J connectivity index is 2.03. The first kappa shape index (κ1) is 12.9. The minimum atomic E-state index is -0.915. The van der Waals surface area contributed by atoms with Gasteiger partial charge in [-0.1, -0.05) is 0 Å². The lowest BCUT2D eigenvalue weighted by Crippen LogP contribution is -2.52. The highest BCUT2D eigenvalue weighted by atomic mass is 16.4. The van der Waals surface area contributed by atoms with Crippen LogP contribution >= 0.6 is 0 Å². The van der Waals surface area contributed by atoms with Crippen molar-refractivity contribution in [2.75, 3.05) is 13.6 Å². The van der Waals surface area contributed by atoms with Crippen molar-refractivity contribution in [1.82, 2.24) is 10.2 Å². The smallest absolute Gasteiger partial charge is 0.307 e. The van der Waals surface area contributed by atoms with Gasteiger partial charge < -0.3 is 15.3 Å². The maximum absolute atomic E-state index is 12.2. The Morgan fingerprint density at radius 3 is 2.50 bits per heavy atom. The molecule has 1 aliphatic heterocycles. The van der Waals surface area contributed by atoms with Crippen LogP contribution in [0.2, 0.25) is 0 Å². The van der Waals surface area contributed by atoms with Gasteiger partial charge in [0.15, 0.2) is 0 Å². The quantitative estimate of drug-likeness (QED) is 0.732. The van der Waals surface area contributed by atoms with Crippen LogP contribution in [0, 0.1) is 11.8 Å². The van der Waals surface area contributed by atoms with Gasteiger partial charge in [-0.3, -0.25) is 14.4 Å². The number of likely N-dealkylation sites (N-methyl/N-ethyl adjacent to an activating group) is 1. The van der Waals surface area contributed by atoms with Crippen LogP contribution in [0.15, 0.2) is 0 Å². The van der Waals surface area contributed by atoms with Crippen molar-refractivity contribution in [2.45, 2.75) is 31.7 Å². The molecular weight excluding hydrogens is 236 g/mol. The summed E-state index contributed by atoms with van der Waals surface area (Å²) >= 11 is 0. The molecular formula is C12H18N2O4. The Kier molecular flexibility index (Phi) is 3.54. The molecule has 2 N–H and O–H groups in total. The van der Waals surface area contributed by atoms with E-state index in [1.807, 2.05) is 0 Å². The number of hydrogen-bond donors (Lipinski definition) is 2. The van der Waals surface area contributed by atoms with Crippen molar-refractivity contribution >= 4 is 17.8 Å². The van der Waals surface area contributed by atoms with Crippen LogP contribution in [0.3, 0.4) is 0 Å². The molecule has 2 aliphatic rings. The Morgan fingerprint density at radius 1 is 1.22 bits per heavy atom. The third-order valence-electron chi connectivity index (χ3n) is 3.76. The van der Waals surface area contributed by atoms with E-state index < -0.39 is 23.8 Å². The summed E-state index contributed by atoms with van der Waals surface area (Å²) in [5, 5.41) is 11.4. The zero-order chi connectivity index (χ0) is 13.3. The van der Waals surface area contributed by atoms with E-state index in [1.165, 1.54) is 0 Å². The Morgan fingerprint density at radius 2 is 1.94 bits per heavy atom. The van der Waals surface area contributed by atoms with Crippen LogP contribution < -0.4 is 5.32 Å². The van der Waals surface area contributed by atoms with E-state index in [1.54, 1.807) is 11.9 Å². The molecule has 0 radical (unpaired) electrons. The minimum Gasteiger partial charge on any atom is -0.481 e. The monoisotopic (exact) mass is 254 g/mol. The number of carboxylic acid groups (broad SMARTS) is 1. The van der Waals surface area contributed by atoms with Gasteiger partial charge in [-0.2, -0.15) is 0 Å². The summed E-state index contributed by atoms with van der Waals surface area (Å²) in [6, 6.07) is -0.425. The summed E-state index contributed by atoms with van der Waals surface area (Å²) in [5.41, 5.74) is 0. The van der Waals surface area contributed by atoms with Gasteiger partial charge in [-0.05, 0) is 25.7 Å². The topological polar surface area (TPSA) is 86.7 Å². The number of nitrogens with zero attached hydrogens (tertiary/aromatic N) is 1. The number of hydrogen-bond acceptors (Lipinski definition) is 3. The fraction of sp³-hybridized carbons (Fsp3) is 0.750. The maximum atomic E-state index is 12.2. The fourth-order valence-corrected chi connectivity index (χ4v) is 2.59. The molecule has 1 heterocycles. The molecule has 1 aliphatic carbocycles. The minimum absolute atomic E-state index is 0.157. The third kappa shape index (κ3) is 2.32. The second-order valence-corrected chi connectivity index (χ2v) is 4.94. The highest BCUT2D eigenvalue weighted by molar-refractivity contribution is 5.93. The number of nitrogens with one attached hydrogen (secondary N) is 1. The van der Waals surface area contributed by atoms with Crippen LogP contribution in [-0.4, -0.2) is 47.4 Å². The first-order chi connectivity index (χ1) is 8.56. The van der Waals surface area contributed by atoms with Crippen LogP contribution in [0.5, 0.6) is 0 Å².